The molecule has 0 bridgehead atoms. The number of halogens is 3. The van der Waals surface area contributed by atoms with Gasteiger partial charge in [-0.05, 0) is 198 Å². The molecule has 12 aromatic carbocycles. The van der Waals surface area contributed by atoms with Crippen molar-refractivity contribution in [2.75, 3.05) is 12.9 Å². The second-order valence-corrected chi connectivity index (χ2v) is 33.4. The first-order valence-corrected chi connectivity index (χ1v) is 41.6. The van der Waals surface area contributed by atoms with E-state index >= 15 is 0 Å². The number of amides is 3. The zero-order valence-corrected chi connectivity index (χ0v) is 69.0. The van der Waals surface area contributed by atoms with Gasteiger partial charge in [0.05, 0.1) is 85.2 Å². The van der Waals surface area contributed by atoms with Crippen LogP contribution in [0.2, 0.25) is 15.1 Å². The molecule has 12 rings (SSSR count). The number of nitrogens with zero attached hydrogens (tertiary/aromatic N) is 6. The van der Waals surface area contributed by atoms with Crippen LogP contribution >= 0.6 is 34.8 Å². The minimum Gasteiger partial charge on any atom is -0.394 e. The number of hydrogen-bond acceptors (Lipinski definition) is 13. The number of hydrazone groups is 3. The monoisotopic (exact) mass is 1650 g/mol. The van der Waals surface area contributed by atoms with Crippen LogP contribution in [0.25, 0.3) is 0 Å². The number of carbonyl (C=O) groups is 3. The molecule has 0 heterocycles. The van der Waals surface area contributed by atoms with E-state index < -0.39 is 47.8 Å². The van der Waals surface area contributed by atoms with Crippen LogP contribution < -0.4 is 29.2 Å². The zero-order chi connectivity index (χ0) is 82.8. The number of hydrogen-bond donors (Lipinski definition) is 4. The molecule has 0 radical (unpaired) electrons. The topological polar surface area (TPSA) is 257 Å². The number of benzene rings is 12. The summed E-state index contributed by atoms with van der Waals surface area (Å²) in [5.74, 6) is -1.58. The number of nitrogens with one attached hydrogen (secondary N) is 3. The molecule has 0 spiro atoms. The van der Waals surface area contributed by atoms with Gasteiger partial charge in [0.15, 0.2) is 0 Å². The summed E-state index contributed by atoms with van der Waals surface area (Å²) in [6.45, 7) is 14.6. The average Bonchev–Trinajstić information content (AvgIpc) is 0.785. The first kappa shape index (κ1) is 87.1. The Morgan fingerprint density at radius 3 is 0.739 bits per heavy atom. The van der Waals surface area contributed by atoms with Crippen molar-refractivity contribution in [3.8, 4) is 0 Å². The normalized spacial score (nSPS) is 11.6. The van der Waals surface area contributed by atoms with E-state index in [-0.39, 0.29) is 74.2 Å². The summed E-state index contributed by atoms with van der Waals surface area (Å²) in [6, 6.07) is 88.8. The predicted molar refractivity (Wildman–Crippen MR) is 463 cm³/mol. The van der Waals surface area contributed by atoms with E-state index in [1.165, 1.54) is 12.9 Å². The van der Waals surface area contributed by atoms with E-state index in [0.29, 0.717) is 32.2 Å². The maximum atomic E-state index is 13.9. The van der Waals surface area contributed by atoms with E-state index in [0.717, 1.165) is 50.1 Å². The standard InChI is InChI=1S/3C29H26ClN3O3S.C3H8O/c3*1-21-12-18-26(19-13-21)37(35,36)33(20-23-8-4-3-5-9-23)28-11-7-6-10-27(28)29(34)32-31-22(2)24-14-16-25(30)17-15-24;1-3(2)4/h3*3-19H,20H2,1-2H3,(H,32,34);3-4H,1-2H3/b3*31-22+;. The largest absolute Gasteiger partial charge is 0.394 e. The lowest BCUT2D eigenvalue weighted by atomic mass is 10.1. The smallest absolute Gasteiger partial charge is 0.273 e. The Morgan fingerprint density at radius 2 is 0.522 bits per heavy atom. The van der Waals surface area contributed by atoms with Crippen molar-refractivity contribution in [3.63, 3.8) is 0 Å². The molecule has 12 aromatic rings. The van der Waals surface area contributed by atoms with Gasteiger partial charge in [0.2, 0.25) is 0 Å². The lowest BCUT2D eigenvalue weighted by Crippen LogP contribution is -2.33. The average molecular weight is 1660 g/mol. The molecule has 25 heteroatoms. The molecule has 0 aliphatic heterocycles. The SMILES string of the molecule is C/C(=N\NC(=O)c1ccccc1N(Cc1ccccc1)S(=O)(=O)c1ccc(C)cc1)c1ccc(Cl)cc1.C/C(=N\NC(=O)c1ccccc1N(Cc1ccccc1)S(=O)(=O)c1ccc(C)cc1)c1ccc(Cl)cc1.C/C(=N\NC(=O)c1ccccc1N(Cc1ccccc1)S(=O)(=O)c1ccc(C)cc1)c1ccc(Cl)cc1.CC(C)O. The van der Waals surface area contributed by atoms with Gasteiger partial charge >= 0.3 is 0 Å². The Labute approximate surface area is 688 Å². The van der Waals surface area contributed by atoms with Crippen molar-refractivity contribution in [2.45, 2.75) is 95.8 Å². The highest BCUT2D eigenvalue weighted by molar-refractivity contribution is 7.93. The molecule has 4 N–H and O–H groups in total. The van der Waals surface area contributed by atoms with Crippen LogP contribution in [-0.4, -0.2) is 71.3 Å². The Kier molecular flexibility index (Phi) is 31.3. The molecule has 0 aliphatic rings. The number of rotatable bonds is 24. The van der Waals surface area contributed by atoms with Crippen LogP contribution in [0, 0.1) is 20.8 Å². The predicted octanol–water partition coefficient (Wildman–Crippen LogP) is 19.0. The van der Waals surface area contributed by atoms with Gasteiger partial charge < -0.3 is 5.11 Å². The molecule has 115 heavy (non-hydrogen) atoms. The lowest BCUT2D eigenvalue weighted by molar-refractivity contribution is 0.0947. The third kappa shape index (κ3) is 24.6. The third-order valence-electron chi connectivity index (χ3n) is 17.3. The molecule has 0 unspecified atom stereocenters. The molecule has 0 saturated heterocycles. The molecule has 19 nitrogen and oxygen atoms in total. The minimum absolute atomic E-state index is 0.0500. The van der Waals surface area contributed by atoms with Crippen molar-refractivity contribution in [1.82, 2.24) is 16.3 Å². The fourth-order valence-corrected chi connectivity index (χ4v) is 16.0. The van der Waals surface area contributed by atoms with Crippen LogP contribution in [0.4, 0.5) is 17.1 Å². The van der Waals surface area contributed by atoms with Crippen molar-refractivity contribution in [3.05, 3.63) is 391 Å². The van der Waals surface area contributed by atoms with Crippen molar-refractivity contribution in [2.24, 2.45) is 15.3 Å². The summed E-state index contributed by atoms with van der Waals surface area (Å²) in [7, 11) is -12.0. The summed E-state index contributed by atoms with van der Waals surface area (Å²) < 4.78 is 86.9. The Morgan fingerprint density at radius 1 is 0.322 bits per heavy atom. The first-order chi connectivity index (χ1) is 55.0. The molecule has 0 atom stereocenters. The van der Waals surface area contributed by atoms with Gasteiger partial charge in [0, 0.05) is 21.2 Å². The molecular weight excluding hydrogens is 1570 g/mol. The number of aliphatic hydroxyl groups excluding tert-OH is 1. The highest BCUT2D eigenvalue weighted by Crippen LogP contribution is 2.34. The van der Waals surface area contributed by atoms with Crippen molar-refractivity contribution >= 4 is 117 Å². The van der Waals surface area contributed by atoms with Crippen molar-refractivity contribution < 1.29 is 44.7 Å². The minimum atomic E-state index is -4.00. The molecule has 0 fully saturated rings. The van der Waals surface area contributed by atoms with Gasteiger partial charge in [0.25, 0.3) is 47.8 Å². The van der Waals surface area contributed by atoms with Gasteiger partial charge in [-0.25, -0.2) is 41.5 Å². The fraction of sp³-hybridized carbons (Fsp3) is 0.133. The molecule has 0 saturated carbocycles. The third-order valence-corrected chi connectivity index (χ3v) is 23.4. The van der Waals surface area contributed by atoms with Crippen LogP contribution in [0.15, 0.2) is 339 Å². The summed E-state index contributed by atoms with van der Waals surface area (Å²) in [5, 5.41) is 22.5. The first-order valence-electron chi connectivity index (χ1n) is 36.2. The second-order valence-electron chi connectivity index (χ2n) is 26.5. The molecular formula is C90H86Cl3N9O10S3. The highest BCUT2D eigenvalue weighted by Gasteiger charge is 2.32. The van der Waals surface area contributed by atoms with Gasteiger partial charge in [-0.3, -0.25) is 27.3 Å². The quantitative estimate of drug-likeness (QED) is 0.0328. The van der Waals surface area contributed by atoms with Gasteiger partial charge in [0.1, 0.15) is 0 Å². The van der Waals surface area contributed by atoms with Crippen LogP contribution in [-0.2, 0) is 49.7 Å². The van der Waals surface area contributed by atoms with E-state index in [2.05, 4.69) is 31.6 Å². The maximum absolute atomic E-state index is 13.9. The highest BCUT2D eigenvalue weighted by atomic mass is 35.5. The Bertz CT molecular complexity index is 5180. The van der Waals surface area contributed by atoms with E-state index in [4.69, 9.17) is 39.9 Å². The van der Waals surface area contributed by atoms with E-state index in [1.54, 1.807) is 253 Å². The molecule has 0 aromatic heterocycles. The molecule has 0 aliphatic carbocycles. The number of carbonyl (C=O) groups excluding carboxylic acids is 3. The maximum Gasteiger partial charge on any atom is 0.273 e. The Hall–Kier alpha value is -11.9. The van der Waals surface area contributed by atoms with Gasteiger partial charge in [-0.1, -0.05) is 252 Å². The van der Waals surface area contributed by atoms with Crippen molar-refractivity contribution in [1.29, 1.82) is 0 Å². The van der Waals surface area contributed by atoms with Gasteiger partial charge in [-0.15, -0.1) is 0 Å². The lowest BCUT2D eigenvalue weighted by Gasteiger charge is -2.26. The summed E-state index contributed by atoms with van der Waals surface area (Å²) in [5.41, 5.74) is 18.3. The van der Waals surface area contributed by atoms with Crippen LogP contribution in [0.3, 0.4) is 0 Å². The number of aryl methyl sites for hydroxylation is 3. The molecule has 3 amide bonds. The molecule has 590 valence electrons. The number of aliphatic hydroxyl groups is 1. The number of anilines is 3. The fourth-order valence-electron chi connectivity index (χ4n) is 11.2. The number of sulfonamides is 3. The zero-order valence-electron chi connectivity index (χ0n) is 64.3. The summed E-state index contributed by atoms with van der Waals surface area (Å²) in [4.78, 5) is 40.2. The van der Waals surface area contributed by atoms with E-state index in [9.17, 15) is 39.6 Å². The van der Waals surface area contributed by atoms with Crippen LogP contribution in [0.1, 0.15) is 116 Å². The summed E-state index contributed by atoms with van der Waals surface area (Å²) >= 11 is 17.9. The second kappa shape index (κ2) is 41.3. The van der Waals surface area contributed by atoms with E-state index in [1.807, 2.05) is 112 Å². The number of para-hydroxylation sites is 3. The van der Waals surface area contributed by atoms with Crippen LogP contribution in [0.5, 0.6) is 0 Å². The summed E-state index contributed by atoms with van der Waals surface area (Å²) in [6.07, 6.45) is -0.167. The van der Waals surface area contributed by atoms with Gasteiger partial charge in [-0.2, -0.15) is 15.3 Å². The Balaban J connectivity index is 0.000000193.